The number of nitrogens with one attached hydrogen (secondary N) is 2. The molecule has 0 aromatic carbocycles. The van der Waals surface area contributed by atoms with E-state index in [9.17, 15) is 33.6 Å². The van der Waals surface area contributed by atoms with Gasteiger partial charge in [-0.1, -0.05) is 59.9 Å². The van der Waals surface area contributed by atoms with E-state index < -0.39 is 60.6 Å². The third kappa shape index (κ3) is 14.4. The molecule has 316 valence electrons. The largest absolute Gasteiger partial charge is 0.464 e. The number of rotatable bonds is 25. The van der Waals surface area contributed by atoms with E-state index in [0.717, 1.165) is 4.90 Å². The molecule has 0 aromatic rings. The predicted molar refractivity (Wildman–Crippen MR) is 209 cm³/mol. The van der Waals surface area contributed by atoms with Crippen molar-refractivity contribution in [2.24, 2.45) is 17.3 Å². The highest BCUT2D eigenvalue weighted by atomic mass is 79.9. The van der Waals surface area contributed by atoms with Crippen LogP contribution in [-0.4, -0.2) is 151 Å². The van der Waals surface area contributed by atoms with Crippen LogP contribution in [0, 0.1) is 17.3 Å². The zero-order valence-corrected chi connectivity index (χ0v) is 37.2. The van der Waals surface area contributed by atoms with Crippen LogP contribution in [0.3, 0.4) is 0 Å². The van der Waals surface area contributed by atoms with Gasteiger partial charge in [0.25, 0.3) is 0 Å². The van der Waals surface area contributed by atoms with Gasteiger partial charge in [-0.25, -0.2) is 0 Å². The van der Waals surface area contributed by atoms with Crippen LogP contribution in [-0.2, 0) is 66.7 Å². The van der Waals surface area contributed by atoms with Gasteiger partial charge in [0.2, 0.25) is 23.6 Å². The molecule has 0 aromatic heterocycles. The minimum absolute atomic E-state index is 0.0107. The smallest absolute Gasteiger partial charge is 0.322 e. The van der Waals surface area contributed by atoms with Crippen molar-refractivity contribution >= 4 is 89.3 Å². The van der Waals surface area contributed by atoms with Gasteiger partial charge in [-0.3, -0.25) is 38.5 Å². The van der Waals surface area contributed by atoms with Crippen LogP contribution in [0.5, 0.6) is 0 Å². The monoisotopic (exact) mass is 987 g/mol. The van der Waals surface area contributed by atoms with Crippen molar-refractivity contribution in [3.63, 3.8) is 0 Å². The first-order valence-electron chi connectivity index (χ1n) is 18.1. The number of alkyl halides is 3. The number of amides is 4. The van der Waals surface area contributed by atoms with Crippen molar-refractivity contribution in [1.29, 1.82) is 0 Å². The maximum Gasteiger partial charge on any atom is 0.322 e. The SMILES string of the molecule is CC(C)(Br)C(=O)OCC(COCC(=O)NCCOCCOCCNC(=O)CCN1C(=O)C2C3C=CC(O3)C2C1=O)(COC(=O)C(C)(C)Br)COC(=O)C(C)(C)Br. The van der Waals surface area contributed by atoms with Crippen molar-refractivity contribution in [1.82, 2.24) is 15.5 Å². The summed E-state index contributed by atoms with van der Waals surface area (Å²) in [6.45, 7) is 9.00. The number of imide groups is 1. The Bertz CT molecular complexity index is 1370. The first-order chi connectivity index (χ1) is 26.1. The Hall–Kier alpha value is -2.49. The molecule has 2 bridgehead atoms. The Morgan fingerprint density at radius 2 is 1.05 bits per heavy atom. The Morgan fingerprint density at radius 3 is 1.46 bits per heavy atom. The number of carbonyl (C=O) groups excluding carboxylic acids is 7. The zero-order valence-electron chi connectivity index (χ0n) is 32.5. The van der Waals surface area contributed by atoms with Gasteiger partial charge in [-0.15, -0.1) is 0 Å². The van der Waals surface area contributed by atoms with E-state index in [1.165, 1.54) is 0 Å². The summed E-state index contributed by atoms with van der Waals surface area (Å²) in [6, 6.07) is 0. The number of halogens is 3. The lowest BCUT2D eigenvalue weighted by Crippen LogP contribution is -2.47. The van der Waals surface area contributed by atoms with Crippen LogP contribution in [0.1, 0.15) is 48.0 Å². The topological polar surface area (TPSA) is 211 Å². The van der Waals surface area contributed by atoms with Gasteiger partial charge < -0.3 is 43.8 Å². The summed E-state index contributed by atoms with van der Waals surface area (Å²) in [5.41, 5.74) is -1.37. The molecule has 0 saturated carbocycles. The van der Waals surface area contributed by atoms with E-state index in [0.29, 0.717) is 0 Å². The number of likely N-dealkylation sites (tertiary alicyclic amines) is 1. The lowest BCUT2D eigenvalue weighted by atomic mass is 9.85. The van der Waals surface area contributed by atoms with E-state index in [-0.39, 0.29) is 109 Å². The lowest BCUT2D eigenvalue weighted by Gasteiger charge is -2.34. The highest BCUT2D eigenvalue weighted by Gasteiger charge is 2.60. The summed E-state index contributed by atoms with van der Waals surface area (Å²) >= 11 is 9.75. The van der Waals surface area contributed by atoms with Gasteiger partial charge in [0.15, 0.2) is 0 Å². The molecule has 4 amide bonds. The number of hydrogen-bond donors (Lipinski definition) is 2. The van der Waals surface area contributed by atoms with E-state index in [2.05, 4.69) is 58.4 Å². The quantitative estimate of drug-likeness (QED) is 0.0334. The summed E-state index contributed by atoms with van der Waals surface area (Å²) in [7, 11) is 0. The molecule has 4 unspecified atom stereocenters. The summed E-state index contributed by atoms with van der Waals surface area (Å²) in [6.07, 6.45) is 2.88. The van der Waals surface area contributed by atoms with Gasteiger partial charge >= 0.3 is 17.9 Å². The molecule has 2 fully saturated rings. The van der Waals surface area contributed by atoms with E-state index in [1.54, 1.807) is 41.5 Å². The minimum Gasteiger partial charge on any atom is -0.464 e. The predicted octanol–water partition coefficient (Wildman–Crippen LogP) is 1.73. The number of hydrogen-bond acceptors (Lipinski definition) is 14. The maximum atomic E-state index is 12.7. The van der Waals surface area contributed by atoms with Gasteiger partial charge in [-0.2, -0.15) is 0 Å². The first-order valence-corrected chi connectivity index (χ1v) is 20.5. The summed E-state index contributed by atoms with van der Waals surface area (Å²) in [5, 5.41) is 5.35. The van der Waals surface area contributed by atoms with E-state index in [1.807, 2.05) is 12.2 Å². The molecule has 0 aliphatic carbocycles. The molecule has 0 spiro atoms. The average Bonchev–Trinajstić information content (AvgIpc) is 3.80. The molecule has 3 aliphatic rings. The normalized spacial score (nSPS) is 20.6. The van der Waals surface area contributed by atoms with Crippen LogP contribution in [0.2, 0.25) is 0 Å². The van der Waals surface area contributed by atoms with E-state index >= 15 is 0 Å². The Kier molecular flexibility index (Phi) is 17.9. The van der Waals surface area contributed by atoms with Crippen molar-refractivity contribution in [2.45, 2.75) is 73.1 Å². The van der Waals surface area contributed by atoms with Crippen LogP contribution in [0.15, 0.2) is 12.2 Å². The highest BCUT2D eigenvalue weighted by molar-refractivity contribution is 9.10. The molecule has 3 aliphatic heterocycles. The fourth-order valence-electron chi connectivity index (χ4n) is 5.57. The molecule has 2 N–H and O–H groups in total. The molecule has 3 heterocycles. The highest BCUT2D eigenvalue weighted by Crippen LogP contribution is 2.45. The van der Waals surface area contributed by atoms with Crippen LogP contribution < -0.4 is 10.6 Å². The van der Waals surface area contributed by atoms with Crippen LogP contribution in [0.25, 0.3) is 0 Å². The standard InChI is InChI=1S/C36H52Br3N3O14/c1-33(2,37)30(47)53-19-36(20-54-31(48)34(3,4)38,21-55-32(49)35(5,6)39)18-52-17-25(44)41-11-14-51-16-15-50-13-10-40-24(43)9-12-42-28(45)26-22-7-8-23(56-22)27(26)29(42)46/h7-8,22-23,26-27H,9-21H2,1-6H3,(H,40,43)(H,41,44). The van der Waals surface area contributed by atoms with Crippen LogP contribution in [0.4, 0.5) is 0 Å². The second-order valence-corrected chi connectivity index (χ2v) is 21.1. The summed E-state index contributed by atoms with van der Waals surface area (Å²) in [5.74, 6) is -4.23. The summed E-state index contributed by atoms with van der Waals surface area (Å²) in [4.78, 5) is 89.2. The second kappa shape index (κ2) is 21.0. The van der Waals surface area contributed by atoms with Crippen LogP contribution >= 0.6 is 47.8 Å². The average molecular weight is 991 g/mol. The van der Waals surface area contributed by atoms with Gasteiger partial charge in [0.1, 0.15) is 39.4 Å². The fraction of sp³-hybridized carbons (Fsp3) is 0.750. The Morgan fingerprint density at radius 1 is 0.643 bits per heavy atom. The summed E-state index contributed by atoms with van der Waals surface area (Å²) < 4.78 is 35.7. The van der Waals surface area contributed by atoms with Crippen molar-refractivity contribution in [3.8, 4) is 0 Å². The minimum atomic E-state index is -1.37. The van der Waals surface area contributed by atoms with Crippen molar-refractivity contribution < 1.29 is 66.7 Å². The molecule has 0 radical (unpaired) electrons. The molecular formula is C36H52Br3N3O14. The van der Waals surface area contributed by atoms with Crippen molar-refractivity contribution in [2.75, 3.05) is 79.1 Å². The zero-order chi connectivity index (χ0) is 41.9. The Labute approximate surface area is 351 Å². The van der Waals surface area contributed by atoms with Gasteiger partial charge in [0.05, 0.1) is 62.5 Å². The lowest BCUT2D eigenvalue weighted by molar-refractivity contribution is -0.170. The first kappa shape index (κ1) is 47.9. The molecule has 3 rings (SSSR count). The third-order valence-electron chi connectivity index (χ3n) is 8.70. The number of fused-ring (bicyclic) bond motifs is 5. The number of esters is 3. The molecule has 56 heavy (non-hydrogen) atoms. The van der Waals surface area contributed by atoms with Gasteiger partial charge in [0, 0.05) is 26.1 Å². The second-order valence-electron chi connectivity index (χ2n) is 15.1. The maximum absolute atomic E-state index is 12.7. The molecule has 4 atom stereocenters. The molecule has 2 saturated heterocycles. The van der Waals surface area contributed by atoms with E-state index in [4.69, 9.17) is 33.2 Å². The van der Waals surface area contributed by atoms with Gasteiger partial charge in [-0.05, 0) is 41.5 Å². The Balaban J connectivity index is 1.32. The number of ether oxygens (including phenoxy) is 7. The fourth-order valence-corrected chi connectivity index (χ4v) is 5.91. The molecule has 17 nitrogen and oxygen atoms in total. The molecular weight excluding hydrogens is 938 g/mol. The number of carbonyl (C=O) groups is 7. The molecule has 20 heteroatoms. The third-order valence-corrected chi connectivity index (χ3v) is 9.67. The number of nitrogens with zero attached hydrogens (tertiary/aromatic N) is 1. The van der Waals surface area contributed by atoms with Crippen molar-refractivity contribution in [3.05, 3.63) is 12.2 Å².